The van der Waals surface area contributed by atoms with E-state index in [0.29, 0.717) is 5.33 Å². The average Bonchev–Trinajstić information content (AvgIpc) is 2.90. The largest absolute Gasteiger partial charge is 0.346 e. The van der Waals surface area contributed by atoms with Crippen LogP contribution >= 0.6 is 15.9 Å². The second kappa shape index (κ2) is 8.68. The Morgan fingerprint density at radius 3 is 2.50 bits per heavy atom. The van der Waals surface area contributed by atoms with E-state index in [1.54, 1.807) is 0 Å². The molecule has 0 heterocycles. The van der Waals surface area contributed by atoms with Gasteiger partial charge in [0.2, 0.25) is 5.91 Å². The van der Waals surface area contributed by atoms with Gasteiger partial charge >= 0.3 is 0 Å². The van der Waals surface area contributed by atoms with Crippen molar-refractivity contribution < 1.29 is 9.59 Å². The number of nitrogens with one attached hydrogen (secondary N) is 1. The fourth-order valence-electron chi connectivity index (χ4n) is 2.48. The minimum absolute atomic E-state index is 0.0864. The molecule has 1 saturated carbocycles. The zero-order chi connectivity index (χ0) is 13.4. The van der Waals surface area contributed by atoms with E-state index in [1.807, 2.05) is 0 Å². The predicted octanol–water partition coefficient (Wildman–Crippen LogP) is 3.21. The van der Waals surface area contributed by atoms with E-state index in [4.69, 9.17) is 0 Å². The monoisotopic (exact) mass is 317 g/mol. The van der Waals surface area contributed by atoms with Gasteiger partial charge in [-0.1, -0.05) is 55.0 Å². The number of Topliss-reactive ketones (excluding diaryl/α,β-unsaturated/α-hetero) is 1. The Morgan fingerprint density at radius 2 is 1.94 bits per heavy atom. The number of hydrogen-bond donors (Lipinski definition) is 1. The number of carbonyl (C=O) groups is 2. The molecule has 1 fully saturated rings. The molecule has 0 aromatic heterocycles. The van der Waals surface area contributed by atoms with E-state index in [1.165, 1.54) is 0 Å². The second-order valence-corrected chi connectivity index (χ2v) is 5.70. The molecule has 1 aliphatic carbocycles. The SMILES string of the molecule is CCCCC[C@H](NC(=O)C1CCCC1)C(=O)CBr. The lowest BCUT2D eigenvalue weighted by Gasteiger charge is -2.19. The van der Waals surface area contributed by atoms with Crippen LogP contribution in [0.3, 0.4) is 0 Å². The molecule has 3 nitrogen and oxygen atoms in total. The number of amides is 1. The van der Waals surface area contributed by atoms with Crippen molar-refractivity contribution in [3.8, 4) is 0 Å². The molecule has 0 unspecified atom stereocenters. The first-order valence-corrected chi connectivity index (χ1v) is 8.20. The van der Waals surface area contributed by atoms with Gasteiger partial charge in [-0.2, -0.15) is 0 Å². The summed E-state index contributed by atoms with van der Waals surface area (Å²) in [6.07, 6.45) is 8.28. The maximum Gasteiger partial charge on any atom is 0.223 e. The van der Waals surface area contributed by atoms with Crippen LogP contribution in [0, 0.1) is 5.92 Å². The van der Waals surface area contributed by atoms with E-state index < -0.39 is 0 Å². The quantitative estimate of drug-likeness (QED) is 0.552. The third-order valence-corrected chi connectivity index (χ3v) is 4.21. The Balaban J connectivity index is 2.43. The third-order valence-electron chi connectivity index (χ3n) is 3.66. The summed E-state index contributed by atoms with van der Waals surface area (Å²) < 4.78 is 0. The van der Waals surface area contributed by atoms with Crippen LogP contribution in [0.2, 0.25) is 0 Å². The fourth-order valence-corrected chi connectivity index (χ4v) is 2.87. The normalized spacial score (nSPS) is 17.7. The zero-order valence-corrected chi connectivity index (χ0v) is 12.8. The molecule has 4 heteroatoms. The molecular weight excluding hydrogens is 294 g/mol. The van der Waals surface area contributed by atoms with E-state index in [9.17, 15) is 9.59 Å². The molecular formula is C14H24BrNO2. The summed E-state index contributed by atoms with van der Waals surface area (Å²) in [4.78, 5) is 23.8. The summed E-state index contributed by atoms with van der Waals surface area (Å²) in [6, 6.07) is -0.288. The summed E-state index contributed by atoms with van der Waals surface area (Å²) in [5.41, 5.74) is 0. The van der Waals surface area contributed by atoms with Crippen molar-refractivity contribution in [1.29, 1.82) is 0 Å². The van der Waals surface area contributed by atoms with Crippen molar-refractivity contribution in [2.24, 2.45) is 5.92 Å². The maximum atomic E-state index is 12.0. The number of hydrogen-bond acceptors (Lipinski definition) is 2. The van der Waals surface area contributed by atoms with Crippen LogP contribution in [0.1, 0.15) is 58.3 Å². The molecule has 0 saturated heterocycles. The van der Waals surface area contributed by atoms with Crippen LogP contribution < -0.4 is 5.32 Å². The highest BCUT2D eigenvalue weighted by Gasteiger charge is 2.26. The highest BCUT2D eigenvalue weighted by molar-refractivity contribution is 9.09. The van der Waals surface area contributed by atoms with Gasteiger partial charge in [-0.15, -0.1) is 0 Å². The molecule has 1 atom stereocenters. The van der Waals surface area contributed by atoms with Crippen molar-refractivity contribution in [3.05, 3.63) is 0 Å². The van der Waals surface area contributed by atoms with Gasteiger partial charge in [0.1, 0.15) is 0 Å². The minimum atomic E-state index is -0.288. The first-order valence-electron chi connectivity index (χ1n) is 7.08. The van der Waals surface area contributed by atoms with Crippen molar-refractivity contribution in [2.45, 2.75) is 64.3 Å². The number of alkyl halides is 1. The van der Waals surface area contributed by atoms with Gasteiger partial charge < -0.3 is 5.32 Å². The van der Waals surface area contributed by atoms with Crippen LogP contribution in [-0.4, -0.2) is 23.1 Å². The fraction of sp³-hybridized carbons (Fsp3) is 0.857. The standard InChI is InChI=1S/C14H24BrNO2/c1-2-3-4-9-12(13(17)10-15)16-14(18)11-7-5-6-8-11/h11-12H,2-10H2,1H3,(H,16,18)/t12-/m0/s1. The van der Waals surface area contributed by atoms with Gasteiger partial charge in [0, 0.05) is 5.92 Å². The van der Waals surface area contributed by atoms with Gasteiger partial charge in [0.05, 0.1) is 11.4 Å². The Morgan fingerprint density at radius 1 is 1.28 bits per heavy atom. The van der Waals surface area contributed by atoms with Crippen LogP contribution in [0.4, 0.5) is 0 Å². The number of halogens is 1. The highest BCUT2D eigenvalue weighted by atomic mass is 79.9. The van der Waals surface area contributed by atoms with Gasteiger partial charge in [0.25, 0.3) is 0 Å². The third kappa shape index (κ3) is 5.09. The van der Waals surface area contributed by atoms with E-state index in [2.05, 4.69) is 28.2 Å². The van der Waals surface area contributed by atoms with E-state index >= 15 is 0 Å². The number of rotatable bonds is 8. The Bertz CT molecular complexity index is 275. The molecule has 0 aromatic rings. The topological polar surface area (TPSA) is 46.2 Å². The second-order valence-electron chi connectivity index (χ2n) is 5.14. The summed E-state index contributed by atoms with van der Waals surface area (Å²) in [7, 11) is 0. The molecule has 0 bridgehead atoms. The molecule has 0 spiro atoms. The number of unbranched alkanes of at least 4 members (excludes halogenated alkanes) is 2. The minimum Gasteiger partial charge on any atom is -0.346 e. The van der Waals surface area contributed by atoms with Crippen LogP contribution in [0.25, 0.3) is 0 Å². The first kappa shape index (κ1) is 15.7. The van der Waals surface area contributed by atoms with Gasteiger partial charge in [-0.25, -0.2) is 0 Å². The summed E-state index contributed by atoms with van der Waals surface area (Å²) >= 11 is 3.20. The highest BCUT2D eigenvalue weighted by Crippen LogP contribution is 2.25. The van der Waals surface area contributed by atoms with Gasteiger partial charge in [-0.05, 0) is 19.3 Å². The molecule has 104 valence electrons. The summed E-state index contributed by atoms with van der Waals surface area (Å²) in [5, 5.41) is 3.28. The van der Waals surface area contributed by atoms with E-state index in [0.717, 1.165) is 51.4 Å². The Kier molecular flexibility index (Phi) is 7.56. The molecule has 1 N–H and O–H groups in total. The summed E-state index contributed by atoms with van der Waals surface area (Å²) in [5.74, 6) is 0.322. The Hall–Kier alpha value is -0.380. The molecule has 18 heavy (non-hydrogen) atoms. The zero-order valence-electron chi connectivity index (χ0n) is 11.2. The van der Waals surface area contributed by atoms with Gasteiger partial charge in [-0.3, -0.25) is 9.59 Å². The Labute approximate surface area is 118 Å². The maximum absolute atomic E-state index is 12.0. The van der Waals surface area contributed by atoms with E-state index in [-0.39, 0.29) is 23.7 Å². The lowest BCUT2D eigenvalue weighted by Crippen LogP contribution is -2.43. The van der Waals surface area contributed by atoms with Crippen LogP contribution in [0.5, 0.6) is 0 Å². The van der Waals surface area contributed by atoms with Crippen molar-refractivity contribution >= 4 is 27.6 Å². The molecule has 1 aliphatic rings. The van der Waals surface area contributed by atoms with Gasteiger partial charge in [0.15, 0.2) is 5.78 Å². The summed E-state index contributed by atoms with van der Waals surface area (Å²) in [6.45, 7) is 2.14. The molecule has 1 rings (SSSR count). The molecule has 0 radical (unpaired) electrons. The lowest BCUT2D eigenvalue weighted by atomic mass is 10.0. The molecule has 1 amide bonds. The lowest BCUT2D eigenvalue weighted by molar-refractivity contribution is -0.129. The molecule has 0 aromatic carbocycles. The van der Waals surface area contributed by atoms with Crippen molar-refractivity contribution in [1.82, 2.24) is 5.32 Å². The predicted molar refractivity (Wildman–Crippen MR) is 76.8 cm³/mol. The van der Waals surface area contributed by atoms with Crippen molar-refractivity contribution in [3.63, 3.8) is 0 Å². The molecule has 0 aliphatic heterocycles. The average molecular weight is 318 g/mol. The smallest absolute Gasteiger partial charge is 0.223 e. The number of carbonyl (C=O) groups excluding carboxylic acids is 2. The number of ketones is 1. The van der Waals surface area contributed by atoms with Crippen molar-refractivity contribution in [2.75, 3.05) is 5.33 Å². The van der Waals surface area contributed by atoms with Crippen LogP contribution in [0.15, 0.2) is 0 Å². The van der Waals surface area contributed by atoms with Crippen LogP contribution in [-0.2, 0) is 9.59 Å². The first-order chi connectivity index (χ1) is 8.69.